The average Bonchev–Trinajstić information content (AvgIpc) is 3.02. The van der Waals surface area contributed by atoms with Gasteiger partial charge in [0, 0.05) is 12.0 Å². The summed E-state index contributed by atoms with van der Waals surface area (Å²) in [6.45, 7) is 7.06. The van der Waals surface area contributed by atoms with Crippen LogP contribution in [0.15, 0.2) is 29.6 Å². The van der Waals surface area contributed by atoms with Gasteiger partial charge in [-0.05, 0) is 38.0 Å². The first-order valence-corrected chi connectivity index (χ1v) is 8.48. The van der Waals surface area contributed by atoms with Crippen LogP contribution in [0, 0.1) is 0 Å². The van der Waals surface area contributed by atoms with Gasteiger partial charge in [0.2, 0.25) is 0 Å². The smallest absolute Gasteiger partial charge is 0.131 e. The minimum Gasteiger partial charge on any atom is -0.487 e. The number of hydrogen-bond acceptors (Lipinski definition) is 5. The second kappa shape index (κ2) is 8.27. The summed E-state index contributed by atoms with van der Waals surface area (Å²) in [5, 5.41) is 12.7. The molecule has 5 heteroatoms. The molecule has 0 spiro atoms. The summed E-state index contributed by atoms with van der Waals surface area (Å²) in [7, 11) is 0. The van der Waals surface area contributed by atoms with E-state index in [1.54, 1.807) is 11.3 Å². The Morgan fingerprint density at radius 3 is 2.59 bits per heavy atom. The summed E-state index contributed by atoms with van der Waals surface area (Å²) in [5.74, 6) is 0.777. The van der Waals surface area contributed by atoms with Crippen molar-refractivity contribution in [3.05, 3.63) is 45.9 Å². The minimum atomic E-state index is -0.407. The molecular weight excluding hydrogens is 298 g/mol. The summed E-state index contributed by atoms with van der Waals surface area (Å²) in [6.07, 6.45) is 0.327. The lowest BCUT2D eigenvalue weighted by Gasteiger charge is -2.09. The lowest BCUT2D eigenvalue weighted by atomic mass is 10.1. The Hall–Kier alpha value is -1.43. The third-order valence-corrected chi connectivity index (χ3v) is 4.43. The molecule has 22 heavy (non-hydrogen) atoms. The number of benzene rings is 1. The molecule has 2 atom stereocenters. The molecule has 0 aliphatic rings. The number of aromatic nitrogens is 1. The van der Waals surface area contributed by atoms with E-state index in [2.05, 4.69) is 4.98 Å². The molecule has 0 amide bonds. The zero-order valence-electron chi connectivity index (χ0n) is 13.3. The van der Waals surface area contributed by atoms with E-state index in [1.807, 2.05) is 50.4 Å². The van der Waals surface area contributed by atoms with E-state index in [-0.39, 0.29) is 6.10 Å². The average molecular weight is 321 g/mol. The molecule has 2 rings (SSSR count). The number of ether oxygens (including phenoxy) is 2. The molecule has 0 saturated heterocycles. The Morgan fingerprint density at radius 1 is 1.23 bits per heavy atom. The molecular formula is C17H23NO3S. The van der Waals surface area contributed by atoms with Crippen LogP contribution in [-0.2, 0) is 11.3 Å². The molecule has 0 bridgehead atoms. The highest BCUT2D eigenvalue weighted by atomic mass is 32.1. The van der Waals surface area contributed by atoms with Gasteiger partial charge < -0.3 is 14.6 Å². The summed E-state index contributed by atoms with van der Waals surface area (Å²) < 4.78 is 11.3. The van der Waals surface area contributed by atoms with E-state index in [4.69, 9.17) is 9.47 Å². The highest BCUT2D eigenvalue weighted by molar-refractivity contribution is 7.09. The normalized spacial score (nSPS) is 13.8. The van der Waals surface area contributed by atoms with Gasteiger partial charge in [0.15, 0.2) is 0 Å². The van der Waals surface area contributed by atoms with Crippen molar-refractivity contribution in [3.63, 3.8) is 0 Å². The zero-order valence-corrected chi connectivity index (χ0v) is 14.1. The van der Waals surface area contributed by atoms with Crippen LogP contribution in [0.25, 0.3) is 0 Å². The van der Waals surface area contributed by atoms with Crippen LogP contribution in [0.3, 0.4) is 0 Å². The van der Waals surface area contributed by atoms with E-state index >= 15 is 0 Å². The standard InChI is InChI=1S/C17H23NO3S/c1-4-16(19)13-6-8-15(9-7-13)21-10-14-11-22-17(18-14)12(3)20-5-2/h6-9,11-12,16,19H,4-5,10H2,1-3H3. The molecule has 0 radical (unpaired) electrons. The van der Waals surface area contributed by atoms with Gasteiger partial charge >= 0.3 is 0 Å². The first kappa shape index (κ1) is 16.9. The van der Waals surface area contributed by atoms with Crippen molar-refractivity contribution in [3.8, 4) is 5.75 Å². The predicted octanol–water partition coefficient (Wildman–Crippen LogP) is 4.26. The third kappa shape index (κ3) is 4.53. The molecule has 0 fully saturated rings. The van der Waals surface area contributed by atoms with Crippen molar-refractivity contribution in [1.29, 1.82) is 0 Å². The number of aliphatic hydroxyl groups is 1. The molecule has 0 saturated carbocycles. The first-order chi connectivity index (χ1) is 10.6. The van der Waals surface area contributed by atoms with Crippen LogP contribution in [0.4, 0.5) is 0 Å². The Morgan fingerprint density at radius 2 is 1.95 bits per heavy atom. The second-order valence-electron chi connectivity index (χ2n) is 5.06. The Bertz CT molecular complexity index is 568. The Kier molecular flexibility index (Phi) is 6.36. The van der Waals surface area contributed by atoms with Gasteiger partial charge in [0.25, 0.3) is 0 Å². The molecule has 1 N–H and O–H groups in total. The van der Waals surface area contributed by atoms with Crippen LogP contribution in [-0.4, -0.2) is 16.7 Å². The third-order valence-electron chi connectivity index (χ3n) is 3.37. The lowest BCUT2D eigenvalue weighted by molar-refractivity contribution is 0.0760. The van der Waals surface area contributed by atoms with Crippen molar-refractivity contribution in [2.45, 2.75) is 46.0 Å². The molecule has 0 aliphatic heterocycles. The SMILES string of the molecule is CCOC(C)c1nc(COc2ccc(C(O)CC)cc2)cs1. The molecule has 120 valence electrons. The van der Waals surface area contributed by atoms with Crippen molar-refractivity contribution >= 4 is 11.3 Å². The molecule has 1 heterocycles. The van der Waals surface area contributed by atoms with Gasteiger partial charge in [-0.1, -0.05) is 19.1 Å². The summed E-state index contributed by atoms with van der Waals surface area (Å²) >= 11 is 1.59. The zero-order chi connectivity index (χ0) is 15.9. The van der Waals surface area contributed by atoms with Crippen LogP contribution >= 0.6 is 11.3 Å². The predicted molar refractivity (Wildman–Crippen MR) is 88.2 cm³/mol. The van der Waals surface area contributed by atoms with Crippen LogP contribution in [0.2, 0.25) is 0 Å². The van der Waals surface area contributed by atoms with E-state index in [0.29, 0.717) is 19.6 Å². The minimum absolute atomic E-state index is 0.0264. The number of thiazole rings is 1. The fraction of sp³-hybridized carbons (Fsp3) is 0.471. The second-order valence-corrected chi connectivity index (χ2v) is 5.95. The van der Waals surface area contributed by atoms with E-state index in [0.717, 1.165) is 22.0 Å². The van der Waals surface area contributed by atoms with Crippen molar-refractivity contribution in [2.24, 2.45) is 0 Å². The molecule has 4 nitrogen and oxygen atoms in total. The van der Waals surface area contributed by atoms with E-state index < -0.39 is 6.10 Å². The van der Waals surface area contributed by atoms with Crippen molar-refractivity contribution in [2.75, 3.05) is 6.61 Å². The molecule has 1 aromatic heterocycles. The summed E-state index contributed by atoms with van der Waals surface area (Å²) in [4.78, 5) is 4.53. The monoisotopic (exact) mass is 321 g/mol. The van der Waals surface area contributed by atoms with E-state index in [9.17, 15) is 5.11 Å². The topological polar surface area (TPSA) is 51.6 Å². The number of aliphatic hydroxyl groups excluding tert-OH is 1. The van der Waals surface area contributed by atoms with Gasteiger partial charge in [-0.15, -0.1) is 11.3 Å². The van der Waals surface area contributed by atoms with Gasteiger partial charge in [-0.3, -0.25) is 0 Å². The van der Waals surface area contributed by atoms with Gasteiger partial charge in [0.05, 0.1) is 11.8 Å². The van der Waals surface area contributed by atoms with Crippen molar-refractivity contribution < 1.29 is 14.6 Å². The van der Waals surface area contributed by atoms with Crippen LogP contribution < -0.4 is 4.74 Å². The largest absolute Gasteiger partial charge is 0.487 e. The van der Waals surface area contributed by atoms with Crippen molar-refractivity contribution in [1.82, 2.24) is 4.98 Å². The first-order valence-electron chi connectivity index (χ1n) is 7.60. The summed E-state index contributed by atoms with van der Waals surface area (Å²) in [6, 6.07) is 7.55. The van der Waals surface area contributed by atoms with E-state index in [1.165, 1.54) is 0 Å². The molecule has 2 unspecified atom stereocenters. The number of hydrogen-bond donors (Lipinski definition) is 1. The maximum Gasteiger partial charge on any atom is 0.131 e. The highest BCUT2D eigenvalue weighted by Gasteiger charge is 2.11. The van der Waals surface area contributed by atoms with Gasteiger partial charge in [-0.25, -0.2) is 4.98 Å². The quantitative estimate of drug-likeness (QED) is 0.789. The Labute approximate surface area is 135 Å². The van der Waals surface area contributed by atoms with Gasteiger partial charge in [0.1, 0.15) is 23.5 Å². The lowest BCUT2D eigenvalue weighted by Crippen LogP contribution is -2.01. The maximum absolute atomic E-state index is 9.77. The molecule has 2 aromatic rings. The summed E-state index contributed by atoms with van der Waals surface area (Å²) in [5.41, 5.74) is 1.82. The number of rotatable bonds is 8. The fourth-order valence-electron chi connectivity index (χ4n) is 2.08. The van der Waals surface area contributed by atoms with Gasteiger partial charge in [-0.2, -0.15) is 0 Å². The molecule has 1 aromatic carbocycles. The molecule has 0 aliphatic carbocycles. The Balaban J connectivity index is 1.90. The maximum atomic E-state index is 9.77. The fourth-order valence-corrected chi connectivity index (χ4v) is 2.88. The number of nitrogens with zero attached hydrogens (tertiary/aromatic N) is 1. The highest BCUT2D eigenvalue weighted by Crippen LogP contribution is 2.23. The van der Waals surface area contributed by atoms with Crippen LogP contribution in [0.1, 0.15) is 55.7 Å². The van der Waals surface area contributed by atoms with Crippen LogP contribution in [0.5, 0.6) is 5.75 Å².